The number of hydrogen-bond acceptors (Lipinski definition) is 2. The number of anilines is 1. The number of nitrogens with zero attached hydrogens (tertiary/aromatic N) is 1. The molecule has 1 heterocycles. The van der Waals surface area contributed by atoms with Gasteiger partial charge in [-0.1, -0.05) is 19.4 Å². The summed E-state index contributed by atoms with van der Waals surface area (Å²) in [6.07, 6.45) is 3.38. The number of unbranched alkanes of at least 4 members (excludes halogenated alkanes) is 1. The van der Waals surface area contributed by atoms with Crippen molar-refractivity contribution in [2.24, 2.45) is 0 Å². The van der Waals surface area contributed by atoms with E-state index in [0.717, 1.165) is 31.6 Å². The minimum absolute atomic E-state index is 0.391. The first kappa shape index (κ1) is 11.0. The van der Waals surface area contributed by atoms with E-state index in [9.17, 15) is 4.79 Å². The van der Waals surface area contributed by atoms with Crippen molar-refractivity contribution < 1.29 is 9.90 Å². The van der Waals surface area contributed by atoms with Crippen LogP contribution in [0.25, 0.3) is 0 Å². The van der Waals surface area contributed by atoms with Crippen LogP contribution in [0.5, 0.6) is 0 Å². The van der Waals surface area contributed by atoms with Crippen molar-refractivity contribution in [1.82, 2.24) is 0 Å². The minimum Gasteiger partial charge on any atom is -0.478 e. The molecule has 0 unspecified atom stereocenters. The fourth-order valence-electron chi connectivity index (χ4n) is 2.16. The second-order valence-electron chi connectivity index (χ2n) is 4.24. The summed E-state index contributed by atoms with van der Waals surface area (Å²) in [4.78, 5) is 13.2. The number of aromatic carboxylic acids is 1. The van der Waals surface area contributed by atoms with Gasteiger partial charge in [-0.15, -0.1) is 0 Å². The predicted octanol–water partition coefficient (Wildman–Crippen LogP) is 2.55. The van der Waals surface area contributed by atoms with E-state index in [1.165, 1.54) is 12.0 Å². The molecule has 0 saturated carbocycles. The van der Waals surface area contributed by atoms with Crippen LogP contribution in [0.15, 0.2) is 18.2 Å². The third-order valence-corrected chi connectivity index (χ3v) is 3.11. The molecule has 1 aliphatic heterocycles. The maximum Gasteiger partial charge on any atom is 0.335 e. The molecule has 3 nitrogen and oxygen atoms in total. The van der Waals surface area contributed by atoms with Crippen molar-refractivity contribution in [2.45, 2.75) is 26.2 Å². The Labute approximate surface area is 95.7 Å². The number of rotatable bonds is 4. The molecule has 0 bridgehead atoms. The third-order valence-electron chi connectivity index (χ3n) is 3.11. The van der Waals surface area contributed by atoms with Crippen molar-refractivity contribution >= 4 is 11.7 Å². The van der Waals surface area contributed by atoms with Crippen LogP contribution in [0.4, 0.5) is 5.69 Å². The summed E-state index contributed by atoms with van der Waals surface area (Å²) in [5.74, 6) is -0.842. The molecule has 0 amide bonds. The van der Waals surface area contributed by atoms with Crippen LogP contribution in [-0.2, 0) is 6.42 Å². The summed E-state index contributed by atoms with van der Waals surface area (Å²) >= 11 is 0. The first-order valence-corrected chi connectivity index (χ1v) is 5.83. The molecule has 1 aromatic rings. The van der Waals surface area contributed by atoms with Gasteiger partial charge in [-0.2, -0.15) is 0 Å². The molecule has 0 aromatic heterocycles. The van der Waals surface area contributed by atoms with Crippen molar-refractivity contribution in [3.8, 4) is 0 Å². The average molecular weight is 219 g/mol. The molecule has 0 atom stereocenters. The Kier molecular flexibility index (Phi) is 3.13. The number of carboxylic acids is 1. The molecule has 3 heteroatoms. The van der Waals surface area contributed by atoms with Crippen molar-refractivity contribution in [3.05, 3.63) is 29.3 Å². The molecule has 0 radical (unpaired) electrons. The SMILES string of the molecule is CCCCN1CCc2ccc(C(=O)O)cc21. The highest BCUT2D eigenvalue weighted by Gasteiger charge is 2.19. The van der Waals surface area contributed by atoms with Gasteiger partial charge in [0.15, 0.2) is 0 Å². The summed E-state index contributed by atoms with van der Waals surface area (Å²) < 4.78 is 0. The molecule has 0 aliphatic carbocycles. The average Bonchev–Trinajstić information content (AvgIpc) is 2.68. The van der Waals surface area contributed by atoms with Crippen molar-refractivity contribution in [2.75, 3.05) is 18.0 Å². The van der Waals surface area contributed by atoms with Gasteiger partial charge >= 0.3 is 5.97 Å². The summed E-state index contributed by atoms with van der Waals surface area (Å²) in [6, 6.07) is 5.45. The molecule has 1 N–H and O–H groups in total. The fraction of sp³-hybridized carbons (Fsp3) is 0.462. The Balaban J connectivity index is 2.22. The topological polar surface area (TPSA) is 40.5 Å². The fourth-order valence-corrected chi connectivity index (χ4v) is 2.16. The van der Waals surface area contributed by atoms with Crippen molar-refractivity contribution in [1.29, 1.82) is 0 Å². The van der Waals surface area contributed by atoms with E-state index >= 15 is 0 Å². The zero-order valence-electron chi connectivity index (χ0n) is 9.57. The van der Waals surface area contributed by atoms with Gasteiger partial charge in [0, 0.05) is 18.8 Å². The summed E-state index contributed by atoms with van der Waals surface area (Å²) in [6.45, 7) is 4.23. The van der Waals surface area contributed by atoms with E-state index in [-0.39, 0.29) is 0 Å². The lowest BCUT2D eigenvalue weighted by Gasteiger charge is -2.19. The molecular formula is C13H17NO2. The number of carboxylic acid groups (broad SMARTS) is 1. The number of fused-ring (bicyclic) bond motifs is 1. The predicted molar refractivity (Wildman–Crippen MR) is 64.2 cm³/mol. The van der Waals surface area contributed by atoms with Gasteiger partial charge in [0.2, 0.25) is 0 Å². The van der Waals surface area contributed by atoms with Crippen LogP contribution in [0.1, 0.15) is 35.7 Å². The van der Waals surface area contributed by atoms with Gasteiger partial charge in [0.05, 0.1) is 5.56 Å². The highest BCUT2D eigenvalue weighted by molar-refractivity contribution is 5.89. The van der Waals surface area contributed by atoms with Gasteiger partial charge in [-0.3, -0.25) is 0 Å². The molecule has 1 aromatic carbocycles. The molecule has 0 fully saturated rings. The maximum atomic E-state index is 10.9. The van der Waals surface area contributed by atoms with Gasteiger partial charge in [-0.05, 0) is 30.5 Å². The van der Waals surface area contributed by atoms with E-state index in [0.29, 0.717) is 5.56 Å². The Morgan fingerprint density at radius 3 is 3.00 bits per heavy atom. The lowest BCUT2D eigenvalue weighted by Crippen LogP contribution is -2.21. The lowest BCUT2D eigenvalue weighted by molar-refractivity contribution is 0.0697. The minimum atomic E-state index is -0.842. The van der Waals surface area contributed by atoms with Crippen LogP contribution in [0, 0.1) is 0 Å². The summed E-state index contributed by atoms with van der Waals surface area (Å²) in [5.41, 5.74) is 2.79. The van der Waals surface area contributed by atoms with Gasteiger partial charge in [-0.25, -0.2) is 4.79 Å². The van der Waals surface area contributed by atoms with Crippen LogP contribution in [0.3, 0.4) is 0 Å². The van der Waals surface area contributed by atoms with E-state index in [4.69, 9.17) is 5.11 Å². The molecule has 86 valence electrons. The smallest absolute Gasteiger partial charge is 0.335 e. The van der Waals surface area contributed by atoms with Crippen LogP contribution in [-0.4, -0.2) is 24.2 Å². The molecule has 1 aliphatic rings. The van der Waals surface area contributed by atoms with Gasteiger partial charge in [0.25, 0.3) is 0 Å². The molecule has 2 rings (SSSR count). The Bertz CT molecular complexity index is 401. The van der Waals surface area contributed by atoms with E-state index in [1.54, 1.807) is 12.1 Å². The third kappa shape index (κ3) is 2.03. The number of hydrogen-bond donors (Lipinski definition) is 1. The van der Waals surface area contributed by atoms with E-state index in [2.05, 4.69) is 11.8 Å². The maximum absolute atomic E-state index is 10.9. The Morgan fingerprint density at radius 2 is 2.31 bits per heavy atom. The van der Waals surface area contributed by atoms with Gasteiger partial charge in [0.1, 0.15) is 0 Å². The first-order valence-electron chi connectivity index (χ1n) is 5.83. The highest BCUT2D eigenvalue weighted by Crippen LogP contribution is 2.29. The Morgan fingerprint density at radius 1 is 1.50 bits per heavy atom. The largest absolute Gasteiger partial charge is 0.478 e. The zero-order valence-corrected chi connectivity index (χ0v) is 9.57. The quantitative estimate of drug-likeness (QED) is 0.846. The second kappa shape index (κ2) is 4.56. The summed E-state index contributed by atoms with van der Waals surface area (Å²) in [7, 11) is 0. The van der Waals surface area contributed by atoms with Crippen molar-refractivity contribution in [3.63, 3.8) is 0 Å². The lowest BCUT2D eigenvalue weighted by atomic mass is 10.1. The Hall–Kier alpha value is -1.51. The van der Waals surface area contributed by atoms with Gasteiger partial charge < -0.3 is 10.0 Å². The van der Waals surface area contributed by atoms with E-state index in [1.807, 2.05) is 6.07 Å². The van der Waals surface area contributed by atoms with Crippen LogP contribution >= 0.6 is 0 Å². The molecule has 16 heavy (non-hydrogen) atoms. The number of benzene rings is 1. The molecule has 0 saturated heterocycles. The zero-order chi connectivity index (χ0) is 11.5. The number of carbonyl (C=O) groups is 1. The molecule has 0 spiro atoms. The van der Waals surface area contributed by atoms with E-state index < -0.39 is 5.97 Å². The highest BCUT2D eigenvalue weighted by atomic mass is 16.4. The second-order valence-corrected chi connectivity index (χ2v) is 4.24. The monoisotopic (exact) mass is 219 g/mol. The molecular weight excluding hydrogens is 202 g/mol. The standard InChI is InChI=1S/C13H17NO2/c1-2-3-7-14-8-6-10-4-5-11(13(15)16)9-12(10)14/h4-5,9H,2-3,6-8H2,1H3,(H,15,16). The first-order chi connectivity index (χ1) is 7.72. The summed E-state index contributed by atoms with van der Waals surface area (Å²) in [5, 5.41) is 8.96. The van der Waals surface area contributed by atoms with Crippen LogP contribution < -0.4 is 4.90 Å². The normalized spacial score (nSPS) is 13.9. The van der Waals surface area contributed by atoms with Crippen LogP contribution in [0.2, 0.25) is 0 Å².